The molecule has 0 radical (unpaired) electrons. The van der Waals surface area contributed by atoms with Crippen LogP contribution in [0.1, 0.15) is 15.9 Å². The normalized spacial score (nSPS) is 11.0. The molecule has 0 atom stereocenters. The number of nitrogens with one attached hydrogen (secondary N) is 1. The van der Waals surface area contributed by atoms with Crippen LogP contribution in [0.4, 0.5) is 5.69 Å². The quantitative estimate of drug-likeness (QED) is 0.140. The molecule has 0 aliphatic heterocycles. The average molecular weight is 521 g/mol. The molecule has 8 heteroatoms. The summed E-state index contributed by atoms with van der Waals surface area (Å²) in [6.45, 7) is 0. The number of non-ortho nitro benzene ring substituents is 1. The van der Waals surface area contributed by atoms with E-state index in [0.29, 0.717) is 11.1 Å². The van der Waals surface area contributed by atoms with E-state index in [1.807, 2.05) is 48.5 Å². The van der Waals surface area contributed by atoms with Gasteiger partial charge in [0, 0.05) is 34.0 Å². The van der Waals surface area contributed by atoms with Crippen LogP contribution in [0.3, 0.4) is 0 Å². The van der Waals surface area contributed by atoms with Crippen LogP contribution < -0.4 is 5.43 Å². The molecule has 0 aliphatic rings. The summed E-state index contributed by atoms with van der Waals surface area (Å²) in [7, 11) is 0. The number of rotatable bonds is 7. The number of hydrogen-bond donors (Lipinski definition) is 1. The second-order valence-corrected chi connectivity index (χ2v) is 8.79. The monoisotopic (exact) mass is 520 g/mol. The van der Waals surface area contributed by atoms with Gasteiger partial charge in [0.1, 0.15) is 0 Å². The van der Waals surface area contributed by atoms with Gasteiger partial charge in [-0.25, -0.2) is 5.43 Å². The minimum Gasteiger partial charge on any atom is -0.309 e. The summed E-state index contributed by atoms with van der Waals surface area (Å²) in [6.07, 6.45) is 1.28. The molecule has 38 heavy (non-hydrogen) atoms. The van der Waals surface area contributed by atoms with E-state index in [0.717, 1.165) is 28.2 Å². The van der Waals surface area contributed by atoms with Crippen LogP contribution in [0.15, 0.2) is 120 Å². The van der Waals surface area contributed by atoms with Crippen LogP contribution in [0.5, 0.6) is 0 Å². The molecule has 0 unspecified atom stereocenters. The molecule has 0 saturated heterocycles. The minimum atomic E-state index is -0.523. The number of hydrazone groups is 1. The molecule has 0 bridgehead atoms. The molecule has 0 saturated carbocycles. The van der Waals surface area contributed by atoms with E-state index in [4.69, 9.17) is 11.6 Å². The van der Waals surface area contributed by atoms with Crippen LogP contribution in [0.25, 0.3) is 28.2 Å². The van der Waals surface area contributed by atoms with E-state index in [2.05, 4.69) is 51.5 Å². The Hall–Kier alpha value is -5.01. The van der Waals surface area contributed by atoms with Gasteiger partial charge < -0.3 is 4.57 Å². The van der Waals surface area contributed by atoms with Gasteiger partial charge in [-0.3, -0.25) is 14.9 Å². The van der Waals surface area contributed by atoms with E-state index in [-0.39, 0.29) is 10.7 Å². The van der Waals surface area contributed by atoms with Gasteiger partial charge in [-0.2, -0.15) is 5.10 Å². The summed E-state index contributed by atoms with van der Waals surface area (Å²) >= 11 is 6.08. The Morgan fingerprint density at radius 3 is 1.95 bits per heavy atom. The van der Waals surface area contributed by atoms with Gasteiger partial charge in [-0.05, 0) is 53.6 Å². The van der Waals surface area contributed by atoms with Crippen molar-refractivity contribution in [1.29, 1.82) is 0 Å². The fourth-order valence-electron chi connectivity index (χ4n) is 4.11. The highest BCUT2D eigenvalue weighted by Gasteiger charge is 2.14. The zero-order chi connectivity index (χ0) is 26.5. The first-order chi connectivity index (χ1) is 18.5. The number of amides is 1. The van der Waals surface area contributed by atoms with Gasteiger partial charge in [0.15, 0.2) is 0 Å². The van der Waals surface area contributed by atoms with Crippen LogP contribution in [-0.4, -0.2) is 21.6 Å². The number of nitro benzene ring substituents is 1. The van der Waals surface area contributed by atoms with Crippen LogP contribution in [0.2, 0.25) is 5.02 Å². The number of benzene rings is 4. The molecular formula is C30H21ClN4O3. The smallest absolute Gasteiger partial charge is 0.271 e. The van der Waals surface area contributed by atoms with E-state index >= 15 is 0 Å². The molecule has 1 heterocycles. The topological polar surface area (TPSA) is 89.5 Å². The summed E-state index contributed by atoms with van der Waals surface area (Å²) in [6, 6.07) is 35.6. The number of hydrogen-bond acceptors (Lipinski definition) is 4. The largest absolute Gasteiger partial charge is 0.309 e. The van der Waals surface area contributed by atoms with E-state index in [9.17, 15) is 14.9 Å². The first-order valence-electron chi connectivity index (χ1n) is 11.7. The fourth-order valence-corrected chi connectivity index (χ4v) is 4.28. The molecule has 1 N–H and O–H groups in total. The highest BCUT2D eigenvalue weighted by atomic mass is 35.5. The molecule has 186 valence electrons. The Bertz CT molecular complexity index is 1570. The van der Waals surface area contributed by atoms with Crippen molar-refractivity contribution in [3.8, 4) is 28.2 Å². The highest BCUT2D eigenvalue weighted by Crippen LogP contribution is 2.32. The lowest BCUT2D eigenvalue weighted by Gasteiger charge is -2.15. The Morgan fingerprint density at radius 1 is 0.816 bits per heavy atom. The molecule has 1 aromatic heterocycles. The summed E-state index contributed by atoms with van der Waals surface area (Å²) in [5, 5.41) is 15.2. The van der Waals surface area contributed by atoms with Gasteiger partial charge in [0.05, 0.1) is 22.5 Å². The number of aromatic nitrogens is 1. The summed E-state index contributed by atoms with van der Waals surface area (Å²) in [5.41, 5.74) is 8.17. The number of carbonyl (C=O) groups excluding carboxylic acids is 1. The molecule has 4 aromatic carbocycles. The van der Waals surface area contributed by atoms with Crippen LogP contribution in [-0.2, 0) is 0 Å². The number of nitrogens with zero attached hydrogens (tertiary/aromatic N) is 3. The van der Waals surface area contributed by atoms with Crippen molar-refractivity contribution in [1.82, 2.24) is 9.99 Å². The molecule has 5 aromatic rings. The second kappa shape index (κ2) is 10.9. The van der Waals surface area contributed by atoms with Crippen molar-refractivity contribution in [2.75, 3.05) is 0 Å². The molecular weight excluding hydrogens is 500 g/mol. The lowest BCUT2D eigenvalue weighted by atomic mass is 10.1. The first kappa shape index (κ1) is 24.7. The maximum absolute atomic E-state index is 12.7. The predicted molar refractivity (Wildman–Crippen MR) is 150 cm³/mol. The van der Waals surface area contributed by atoms with Crippen molar-refractivity contribution >= 4 is 29.4 Å². The standard InChI is InChI=1S/C30H21ClN4O3/c31-27-16-15-26(35(37)38)19-24(27)20-32-33-30(36)23-11-13-25(14-12-23)34-28(21-7-3-1-4-8-21)17-18-29(34)22-9-5-2-6-10-22/h1-20H,(H,33,36)/b32-20-. The zero-order valence-electron chi connectivity index (χ0n) is 20.0. The molecule has 7 nitrogen and oxygen atoms in total. The Morgan fingerprint density at radius 2 is 1.39 bits per heavy atom. The minimum absolute atomic E-state index is 0.118. The fraction of sp³-hybridized carbons (Fsp3) is 0. The van der Waals surface area contributed by atoms with Gasteiger partial charge in [-0.1, -0.05) is 72.3 Å². The molecule has 0 fully saturated rings. The van der Waals surface area contributed by atoms with E-state index < -0.39 is 10.8 Å². The zero-order valence-corrected chi connectivity index (χ0v) is 20.7. The Kier molecular flexibility index (Phi) is 7.10. The first-order valence-corrected chi connectivity index (χ1v) is 12.1. The summed E-state index contributed by atoms with van der Waals surface area (Å²) in [4.78, 5) is 23.2. The van der Waals surface area contributed by atoms with Crippen molar-refractivity contribution in [2.45, 2.75) is 0 Å². The van der Waals surface area contributed by atoms with E-state index in [1.165, 1.54) is 24.4 Å². The summed E-state index contributed by atoms with van der Waals surface area (Å²) < 4.78 is 2.16. The van der Waals surface area contributed by atoms with Crippen molar-refractivity contribution < 1.29 is 9.72 Å². The molecule has 1 amide bonds. The molecule has 0 aliphatic carbocycles. The van der Waals surface area contributed by atoms with Gasteiger partial charge >= 0.3 is 0 Å². The maximum atomic E-state index is 12.7. The highest BCUT2D eigenvalue weighted by molar-refractivity contribution is 6.33. The molecule has 5 rings (SSSR count). The van der Waals surface area contributed by atoms with Gasteiger partial charge in [0.2, 0.25) is 0 Å². The lowest BCUT2D eigenvalue weighted by molar-refractivity contribution is -0.384. The number of nitro groups is 1. The third-order valence-corrected chi connectivity index (χ3v) is 6.31. The van der Waals surface area contributed by atoms with Crippen molar-refractivity contribution in [3.63, 3.8) is 0 Å². The van der Waals surface area contributed by atoms with Gasteiger partial charge in [0.25, 0.3) is 11.6 Å². The van der Waals surface area contributed by atoms with Crippen LogP contribution in [0, 0.1) is 10.1 Å². The maximum Gasteiger partial charge on any atom is 0.271 e. The third-order valence-electron chi connectivity index (χ3n) is 5.97. The summed E-state index contributed by atoms with van der Waals surface area (Å²) in [5.74, 6) is -0.423. The average Bonchev–Trinajstić information content (AvgIpc) is 3.40. The lowest BCUT2D eigenvalue weighted by Crippen LogP contribution is -2.17. The number of halogens is 1. The van der Waals surface area contributed by atoms with E-state index in [1.54, 1.807) is 12.1 Å². The van der Waals surface area contributed by atoms with Gasteiger partial charge in [-0.15, -0.1) is 0 Å². The Balaban J connectivity index is 1.41. The SMILES string of the molecule is O=C(N/N=C\c1cc([N+](=O)[O-])ccc1Cl)c1ccc(-n2c(-c3ccccc3)ccc2-c2ccccc2)cc1. The van der Waals surface area contributed by atoms with Crippen molar-refractivity contribution in [3.05, 3.63) is 142 Å². The third kappa shape index (κ3) is 5.23. The van der Waals surface area contributed by atoms with Crippen molar-refractivity contribution in [2.24, 2.45) is 5.10 Å². The van der Waals surface area contributed by atoms with Crippen LogP contribution >= 0.6 is 11.6 Å². The predicted octanol–water partition coefficient (Wildman–Crippen LogP) is 7.14. The Labute approximate surface area is 223 Å². The number of carbonyl (C=O) groups is 1. The second-order valence-electron chi connectivity index (χ2n) is 8.38. The molecule has 0 spiro atoms.